The van der Waals surface area contributed by atoms with Crippen LogP contribution in [0.2, 0.25) is 0 Å². The van der Waals surface area contributed by atoms with Gasteiger partial charge in [-0.1, -0.05) is 30.3 Å². The Bertz CT molecular complexity index is 1310. The monoisotopic (exact) mass is 498 g/mol. The third-order valence-corrected chi connectivity index (χ3v) is 7.64. The number of carbonyl (C=O) groups is 2. The van der Waals surface area contributed by atoms with Crippen molar-refractivity contribution in [3.63, 3.8) is 0 Å². The van der Waals surface area contributed by atoms with Crippen molar-refractivity contribution in [1.82, 2.24) is 14.8 Å². The van der Waals surface area contributed by atoms with E-state index in [4.69, 9.17) is 15.2 Å². The number of amides is 1. The average molecular weight is 499 g/mol. The largest absolute Gasteiger partial charge is 0.447 e. The molecule has 190 valence electrons. The number of ether oxygens (including phenoxy) is 2. The molecule has 0 spiro atoms. The van der Waals surface area contributed by atoms with Crippen LogP contribution < -0.4 is 10.5 Å². The minimum atomic E-state index is -0.877. The van der Waals surface area contributed by atoms with Crippen molar-refractivity contribution in [2.24, 2.45) is 0 Å². The Kier molecular flexibility index (Phi) is 6.26. The number of cyclic esters (lactones) is 1. The predicted molar refractivity (Wildman–Crippen MR) is 139 cm³/mol. The molecule has 2 saturated heterocycles. The van der Waals surface area contributed by atoms with Crippen LogP contribution in [0.5, 0.6) is 5.75 Å². The summed E-state index contributed by atoms with van der Waals surface area (Å²) in [4.78, 5) is 34.1. The standard InChI is InChI=1S/C29H30N4O4/c30-26-25(36-29-24-6-2-1-5-23(24)28(35)37-29)17-21(18-31-26)19-7-9-20(10-8-19)27(34)33-15-11-22(12-16-33)32-13-3-4-14-32/h1-2,5-10,17-18,22,29H,3-4,11-16H2,(H2,30,31). The van der Waals surface area contributed by atoms with Gasteiger partial charge in [-0.05, 0) is 68.6 Å². The fourth-order valence-electron chi connectivity index (χ4n) is 5.55. The van der Waals surface area contributed by atoms with E-state index in [0.29, 0.717) is 28.5 Å². The average Bonchev–Trinajstić information content (AvgIpc) is 3.59. The number of nitrogens with two attached hydrogens (primary N) is 1. The molecule has 1 amide bonds. The molecule has 8 nitrogen and oxygen atoms in total. The van der Waals surface area contributed by atoms with Crippen molar-refractivity contribution in [3.05, 3.63) is 77.5 Å². The second-order valence-electron chi connectivity index (χ2n) is 9.89. The minimum absolute atomic E-state index is 0.0765. The molecule has 8 heteroatoms. The summed E-state index contributed by atoms with van der Waals surface area (Å²) in [5.74, 6) is 0.178. The van der Waals surface area contributed by atoms with Crippen LogP contribution in [0.1, 0.15) is 58.3 Å². The summed E-state index contributed by atoms with van der Waals surface area (Å²) in [5.41, 5.74) is 9.55. The summed E-state index contributed by atoms with van der Waals surface area (Å²) >= 11 is 0. The molecule has 3 aliphatic rings. The number of nitrogen functional groups attached to an aromatic ring is 1. The number of likely N-dealkylation sites (tertiary alicyclic amines) is 2. The number of hydrogen-bond donors (Lipinski definition) is 1. The lowest BCUT2D eigenvalue weighted by Gasteiger charge is -2.36. The maximum absolute atomic E-state index is 13.1. The summed E-state index contributed by atoms with van der Waals surface area (Å²) in [7, 11) is 0. The Labute approximate surface area is 216 Å². The van der Waals surface area contributed by atoms with Gasteiger partial charge < -0.3 is 25.0 Å². The van der Waals surface area contributed by atoms with Crippen LogP contribution in [0.15, 0.2) is 60.8 Å². The number of rotatable bonds is 5. The first kappa shape index (κ1) is 23.5. The summed E-state index contributed by atoms with van der Waals surface area (Å²) in [6.07, 6.45) is 5.47. The van der Waals surface area contributed by atoms with Crippen LogP contribution in [0.25, 0.3) is 11.1 Å². The molecule has 2 fully saturated rings. The highest BCUT2D eigenvalue weighted by molar-refractivity contribution is 5.95. The van der Waals surface area contributed by atoms with Gasteiger partial charge in [-0.25, -0.2) is 9.78 Å². The molecule has 0 aliphatic carbocycles. The van der Waals surface area contributed by atoms with E-state index < -0.39 is 12.3 Å². The van der Waals surface area contributed by atoms with E-state index >= 15 is 0 Å². The van der Waals surface area contributed by atoms with Crippen LogP contribution in [-0.2, 0) is 4.74 Å². The predicted octanol–water partition coefficient (Wildman–Crippen LogP) is 4.28. The topological polar surface area (TPSA) is 98.0 Å². The molecule has 3 aliphatic heterocycles. The summed E-state index contributed by atoms with van der Waals surface area (Å²) in [6, 6.07) is 17.0. The molecule has 4 heterocycles. The van der Waals surface area contributed by atoms with Crippen LogP contribution >= 0.6 is 0 Å². The zero-order valence-corrected chi connectivity index (χ0v) is 20.6. The lowest BCUT2D eigenvalue weighted by atomic mass is 10.0. The molecule has 37 heavy (non-hydrogen) atoms. The summed E-state index contributed by atoms with van der Waals surface area (Å²) in [6.45, 7) is 4.01. The Hall–Kier alpha value is -3.91. The number of pyridine rings is 1. The lowest BCUT2D eigenvalue weighted by Crippen LogP contribution is -2.45. The second kappa shape index (κ2) is 9.86. The van der Waals surface area contributed by atoms with Gasteiger partial charge in [-0.15, -0.1) is 0 Å². The van der Waals surface area contributed by atoms with Crippen LogP contribution in [0.4, 0.5) is 5.82 Å². The maximum Gasteiger partial charge on any atom is 0.342 e. The first-order valence-electron chi connectivity index (χ1n) is 12.9. The fourth-order valence-corrected chi connectivity index (χ4v) is 5.55. The van der Waals surface area contributed by atoms with Gasteiger partial charge in [0, 0.05) is 42.0 Å². The molecule has 6 rings (SSSR count). The van der Waals surface area contributed by atoms with Crippen LogP contribution in [-0.4, -0.2) is 58.9 Å². The Morgan fingerprint density at radius 3 is 2.46 bits per heavy atom. The normalized spacial score (nSPS) is 20.1. The molecule has 2 aromatic carbocycles. The van der Waals surface area contributed by atoms with Crippen LogP contribution in [0, 0.1) is 0 Å². The maximum atomic E-state index is 13.1. The van der Waals surface area contributed by atoms with Crippen molar-refractivity contribution < 1.29 is 19.1 Å². The SMILES string of the molecule is Nc1ncc(-c2ccc(C(=O)N3CCC(N4CCCC4)CC3)cc2)cc1OC1OC(=O)c2ccccc21. The highest BCUT2D eigenvalue weighted by Crippen LogP contribution is 2.36. The van der Waals surface area contributed by atoms with Gasteiger partial charge in [0.05, 0.1) is 5.56 Å². The number of hydrogen-bond acceptors (Lipinski definition) is 7. The van der Waals surface area contributed by atoms with Crippen molar-refractivity contribution in [2.75, 3.05) is 31.9 Å². The van der Waals surface area contributed by atoms with E-state index in [9.17, 15) is 9.59 Å². The van der Waals surface area contributed by atoms with Crippen molar-refractivity contribution in [1.29, 1.82) is 0 Å². The quantitative estimate of drug-likeness (QED) is 0.525. The minimum Gasteiger partial charge on any atom is -0.447 e. The number of piperidine rings is 1. The van der Waals surface area contributed by atoms with Gasteiger partial charge in [0.15, 0.2) is 11.6 Å². The van der Waals surface area contributed by atoms with Crippen molar-refractivity contribution >= 4 is 17.7 Å². The van der Waals surface area contributed by atoms with Crippen molar-refractivity contribution in [2.45, 2.75) is 38.0 Å². The number of esters is 1. The molecular weight excluding hydrogens is 468 g/mol. The zero-order valence-electron chi connectivity index (χ0n) is 20.6. The van der Waals surface area contributed by atoms with E-state index in [-0.39, 0.29) is 11.7 Å². The smallest absolute Gasteiger partial charge is 0.342 e. The molecule has 0 bridgehead atoms. The number of anilines is 1. The van der Waals surface area contributed by atoms with Gasteiger partial charge in [0.25, 0.3) is 12.2 Å². The fraction of sp³-hybridized carbons (Fsp3) is 0.345. The van der Waals surface area contributed by atoms with Gasteiger partial charge in [-0.3, -0.25) is 4.79 Å². The highest BCUT2D eigenvalue weighted by atomic mass is 16.7. The summed E-state index contributed by atoms with van der Waals surface area (Å²) < 4.78 is 11.3. The van der Waals surface area contributed by atoms with E-state index in [1.54, 1.807) is 30.5 Å². The Balaban J connectivity index is 1.13. The number of carbonyl (C=O) groups excluding carboxylic acids is 2. The number of nitrogens with zero attached hydrogens (tertiary/aromatic N) is 3. The van der Waals surface area contributed by atoms with Gasteiger partial charge in [-0.2, -0.15) is 0 Å². The van der Waals surface area contributed by atoms with E-state index in [2.05, 4.69) is 9.88 Å². The molecule has 0 saturated carbocycles. The highest BCUT2D eigenvalue weighted by Gasteiger charge is 2.33. The van der Waals surface area contributed by atoms with E-state index in [1.165, 1.54) is 25.9 Å². The van der Waals surface area contributed by atoms with E-state index in [1.807, 2.05) is 35.2 Å². The number of aromatic nitrogens is 1. The first-order chi connectivity index (χ1) is 18.1. The van der Waals surface area contributed by atoms with Gasteiger partial charge in [0.1, 0.15) is 0 Å². The van der Waals surface area contributed by atoms with Crippen LogP contribution in [0.3, 0.4) is 0 Å². The molecule has 1 aromatic heterocycles. The third-order valence-electron chi connectivity index (χ3n) is 7.64. The molecular formula is C29H30N4O4. The summed E-state index contributed by atoms with van der Waals surface area (Å²) in [5, 5.41) is 0. The third kappa shape index (κ3) is 4.64. The van der Waals surface area contributed by atoms with Gasteiger partial charge >= 0.3 is 5.97 Å². The zero-order chi connectivity index (χ0) is 25.4. The Morgan fingerprint density at radius 1 is 0.973 bits per heavy atom. The van der Waals surface area contributed by atoms with E-state index in [0.717, 1.165) is 37.1 Å². The molecule has 1 atom stereocenters. The second-order valence-corrected chi connectivity index (χ2v) is 9.89. The Morgan fingerprint density at radius 2 is 1.70 bits per heavy atom. The van der Waals surface area contributed by atoms with Crippen molar-refractivity contribution in [3.8, 4) is 16.9 Å². The first-order valence-corrected chi connectivity index (χ1v) is 12.9. The number of benzene rings is 2. The lowest BCUT2D eigenvalue weighted by molar-refractivity contribution is -0.0379. The number of fused-ring (bicyclic) bond motifs is 1. The molecule has 2 N–H and O–H groups in total. The van der Waals surface area contributed by atoms with Gasteiger partial charge in [0.2, 0.25) is 0 Å². The molecule has 0 radical (unpaired) electrons. The molecule has 1 unspecified atom stereocenters. The molecule has 3 aromatic rings.